The molecule has 168 valence electrons. The Morgan fingerprint density at radius 3 is 2.22 bits per heavy atom. The van der Waals surface area contributed by atoms with Gasteiger partial charge >= 0.3 is 0 Å². The van der Waals surface area contributed by atoms with E-state index in [0.29, 0.717) is 35.2 Å². The normalized spacial score (nSPS) is 20.3. The minimum Gasteiger partial charge on any atom is -0.496 e. The van der Waals surface area contributed by atoms with Crippen LogP contribution >= 0.6 is 0 Å². The average Bonchev–Trinajstić information content (AvgIpc) is 3.21. The fourth-order valence-corrected chi connectivity index (χ4v) is 5.01. The van der Waals surface area contributed by atoms with E-state index in [1.54, 1.807) is 27.4 Å². The van der Waals surface area contributed by atoms with Crippen molar-refractivity contribution in [2.24, 2.45) is 5.41 Å². The number of methoxy groups -OCH3 is 3. The molecule has 7 heteroatoms. The van der Waals surface area contributed by atoms with E-state index in [1.807, 2.05) is 18.2 Å². The summed E-state index contributed by atoms with van der Waals surface area (Å²) in [5.74, 6) is 2.93. The number of hydrogen-bond donors (Lipinski definition) is 1. The van der Waals surface area contributed by atoms with Crippen molar-refractivity contribution in [2.75, 3.05) is 33.4 Å². The van der Waals surface area contributed by atoms with Gasteiger partial charge in [0.25, 0.3) is 0 Å². The Balaban J connectivity index is 1.78. The summed E-state index contributed by atoms with van der Waals surface area (Å²) in [4.78, 5) is 13.5. The number of hydrogen-bond acceptors (Lipinski definition) is 7. The first-order valence-corrected chi connectivity index (χ1v) is 10.6. The van der Waals surface area contributed by atoms with Gasteiger partial charge in [-0.15, -0.1) is 0 Å². The highest BCUT2D eigenvalue weighted by Gasteiger charge is 2.42. The standard InChI is InChI=1S/C25H27NO6/c1-25(2)10-16-24(17(27)11-25)23(13-6-21-22(32-12-31-21)8-15(13)26-16)14-7-19(29-4)20(30-5)9-18(14)28-3/h6-9,23,26H,10-12H2,1-5H3/t23-/m1/s1. The molecule has 0 radical (unpaired) electrons. The number of carbonyl (C=O) groups is 1. The molecule has 0 bridgehead atoms. The van der Waals surface area contributed by atoms with Crippen LogP contribution in [0.4, 0.5) is 5.69 Å². The molecule has 32 heavy (non-hydrogen) atoms. The van der Waals surface area contributed by atoms with Crippen LogP contribution in [-0.4, -0.2) is 33.9 Å². The zero-order valence-corrected chi connectivity index (χ0v) is 19.0. The van der Waals surface area contributed by atoms with Crippen molar-refractivity contribution >= 4 is 11.5 Å². The average molecular weight is 437 g/mol. The van der Waals surface area contributed by atoms with E-state index in [1.165, 1.54) is 0 Å². The van der Waals surface area contributed by atoms with Crippen molar-refractivity contribution in [2.45, 2.75) is 32.6 Å². The molecule has 1 atom stereocenters. The van der Waals surface area contributed by atoms with Crippen LogP contribution in [0.1, 0.15) is 43.7 Å². The van der Waals surface area contributed by atoms with E-state index in [0.717, 1.165) is 34.5 Å². The third-order valence-corrected chi connectivity index (χ3v) is 6.40. The van der Waals surface area contributed by atoms with Crippen molar-refractivity contribution in [3.8, 4) is 28.7 Å². The van der Waals surface area contributed by atoms with Gasteiger partial charge in [0.15, 0.2) is 28.8 Å². The van der Waals surface area contributed by atoms with E-state index < -0.39 is 0 Å². The summed E-state index contributed by atoms with van der Waals surface area (Å²) in [5, 5.41) is 3.53. The maximum absolute atomic E-state index is 13.5. The van der Waals surface area contributed by atoms with Crippen LogP contribution in [-0.2, 0) is 4.79 Å². The molecule has 0 saturated heterocycles. The highest BCUT2D eigenvalue weighted by Crippen LogP contribution is 2.54. The lowest BCUT2D eigenvalue weighted by Gasteiger charge is -2.39. The van der Waals surface area contributed by atoms with Gasteiger partial charge in [-0.25, -0.2) is 0 Å². The van der Waals surface area contributed by atoms with Crippen molar-refractivity contribution in [3.05, 3.63) is 46.7 Å². The van der Waals surface area contributed by atoms with Gasteiger partial charge in [0, 0.05) is 47.0 Å². The SMILES string of the molecule is COc1cc(OC)c([C@@H]2C3=C(CC(C)(C)CC3=O)Nc3cc4c(cc32)OCO4)cc1OC. The van der Waals surface area contributed by atoms with E-state index >= 15 is 0 Å². The monoisotopic (exact) mass is 437 g/mol. The van der Waals surface area contributed by atoms with Gasteiger partial charge in [0.05, 0.1) is 21.3 Å². The van der Waals surface area contributed by atoms with Gasteiger partial charge in [-0.3, -0.25) is 4.79 Å². The molecule has 0 amide bonds. The lowest BCUT2D eigenvalue weighted by Crippen LogP contribution is -2.33. The van der Waals surface area contributed by atoms with Crippen molar-refractivity contribution in [1.29, 1.82) is 0 Å². The molecule has 2 heterocycles. The Labute approximate surface area is 187 Å². The zero-order valence-electron chi connectivity index (χ0n) is 19.0. The number of benzene rings is 2. The molecule has 7 nitrogen and oxygen atoms in total. The minimum atomic E-state index is -0.339. The Hall–Kier alpha value is -3.35. The molecule has 2 aliphatic heterocycles. The molecule has 0 unspecified atom stereocenters. The summed E-state index contributed by atoms with van der Waals surface area (Å²) in [6.07, 6.45) is 1.26. The number of nitrogens with one attached hydrogen (secondary N) is 1. The van der Waals surface area contributed by atoms with E-state index in [-0.39, 0.29) is 23.9 Å². The van der Waals surface area contributed by atoms with E-state index in [2.05, 4.69) is 19.2 Å². The predicted octanol–water partition coefficient (Wildman–Crippen LogP) is 4.64. The molecule has 1 N–H and O–H groups in total. The molecule has 0 fully saturated rings. The van der Waals surface area contributed by atoms with Crippen molar-refractivity contribution < 1.29 is 28.5 Å². The zero-order chi connectivity index (χ0) is 22.6. The van der Waals surface area contributed by atoms with Crippen LogP contribution in [0.3, 0.4) is 0 Å². The number of anilines is 1. The van der Waals surface area contributed by atoms with Crippen molar-refractivity contribution in [1.82, 2.24) is 0 Å². The predicted molar refractivity (Wildman–Crippen MR) is 119 cm³/mol. The van der Waals surface area contributed by atoms with Crippen LogP contribution in [0.5, 0.6) is 28.7 Å². The fraction of sp³-hybridized carbons (Fsp3) is 0.400. The molecule has 3 aliphatic rings. The number of ketones is 1. The lowest BCUT2D eigenvalue weighted by molar-refractivity contribution is -0.118. The first-order chi connectivity index (χ1) is 15.3. The Morgan fingerprint density at radius 2 is 1.53 bits per heavy atom. The molecule has 1 aliphatic carbocycles. The second kappa shape index (κ2) is 7.36. The molecule has 0 spiro atoms. The number of ether oxygens (including phenoxy) is 5. The number of Topliss-reactive ketones (excluding diaryl/α,β-unsaturated/α-hetero) is 1. The van der Waals surface area contributed by atoms with Gasteiger partial charge in [-0.1, -0.05) is 13.8 Å². The second-order valence-corrected chi connectivity index (χ2v) is 9.13. The first kappa shape index (κ1) is 20.5. The highest BCUT2D eigenvalue weighted by atomic mass is 16.7. The van der Waals surface area contributed by atoms with Crippen LogP contribution in [0.2, 0.25) is 0 Å². The van der Waals surface area contributed by atoms with Crippen molar-refractivity contribution in [3.63, 3.8) is 0 Å². The summed E-state index contributed by atoms with van der Waals surface area (Å²) < 4.78 is 28.1. The smallest absolute Gasteiger partial charge is 0.231 e. The quantitative estimate of drug-likeness (QED) is 0.747. The highest BCUT2D eigenvalue weighted by molar-refractivity contribution is 6.02. The maximum atomic E-state index is 13.5. The van der Waals surface area contributed by atoms with Gasteiger partial charge in [0.2, 0.25) is 6.79 Å². The Bertz CT molecular complexity index is 1150. The Kier molecular flexibility index (Phi) is 4.73. The number of rotatable bonds is 4. The molecule has 0 aromatic heterocycles. The number of fused-ring (bicyclic) bond motifs is 2. The molecule has 2 aromatic rings. The lowest BCUT2D eigenvalue weighted by atomic mass is 9.68. The molecular formula is C25H27NO6. The topological polar surface area (TPSA) is 75.3 Å². The maximum Gasteiger partial charge on any atom is 0.231 e. The summed E-state index contributed by atoms with van der Waals surface area (Å²) in [5.41, 5.74) is 4.27. The summed E-state index contributed by atoms with van der Waals surface area (Å²) >= 11 is 0. The summed E-state index contributed by atoms with van der Waals surface area (Å²) in [6.45, 7) is 4.43. The van der Waals surface area contributed by atoms with Crippen LogP contribution < -0.4 is 29.0 Å². The van der Waals surface area contributed by atoms with Gasteiger partial charge < -0.3 is 29.0 Å². The van der Waals surface area contributed by atoms with Gasteiger partial charge in [0.1, 0.15) is 5.75 Å². The van der Waals surface area contributed by atoms with Crippen LogP contribution in [0, 0.1) is 5.41 Å². The Morgan fingerprint density at radius 1 is 0.875 bits per heavy atom. The fourth-order valence-electron chi connectivity index (χ4n) is 5.01. The van der Waals surface area contributed by atoms with Crippen LogP contribution in [0.15, 0.2) is 35.5 Å². The molecular weight excluding hydrogens is 410 g/mol. The third-order valence-electron chi connectivity index (χ3n) is 6.40. The molecule has 2 aromatic carbocycles. The first-order valence-electron chi connectivity index (χ1n) is 10.6. The number of allylic oxidation sites excluding steroid dienone is 2. The molecule has 0 saturated carbocycles. The second-order valence-electron chi connectivity index (χ2n) is 9.13. The number of carbonyl (C=O) groups excluding carboxylic acids is 1. The van der Waals surface area contributed by atoms with Gasteiger partial charge in [-0.05, 0) is 29.5 Å². The minimum absolute atomic E-state index is 0.122. The summed E-state index contributed by atoms with van der Waals surface area (Å²) in [6, 6.07) is 7.62. The molecule has 5 rings (SSSR count). The van der Waals surface area contributed by atoms with Gasteiger partial charge in [-0.2, -0.15) is 0 Å². The van der Waals surface area contributed by atoms with E-state index in [4.69, 9.17) is 23.7 Å². The third kappa shape index (κ3) is 3.15. The summed E-state index contributed by atoms with van der Waals surface area (Å²) in [7, 11) is 4.81. The van der Waals surface area contributed by atoms with Crippen LogP contribution in [0.25, 0.3) is 0 Å². The largest absolute Gasteiger partial charge is 0.496 e. The van der Waals surface area contributed by atoms with E-state index in [9.17, 15) is 4.79 Å².